The van der Waals surface area contributed by atoms with Gasteiger partial charge >= 0.3 is 0 Å². The zero-order chi connectivity index (χ0) is 13.4. The van der Waals surface area contributed by atoms with E-state index in [1.807, 2.05) is 24.3 Å². The Hall–Kier alpha value is -1.81. The van der Waals surface area contributed by atoms with Crippen LogP contribution in [0.3, 0.4) is 0 Å². The van der Waals surface area contributed by atoms with Crippen LogP contribution in [0.5, 0.6) is 0 Å². The summed E-state index contributed by atoms with van der Waals surface area (Å²) in [7, 11) is 0. The summed E-state index contributed by atoms with van der Waals surface area (Å²) >= 11 is 1.72. The van der Waals surface area contributed by atoms with Crippen LogP contribution in [0.2, 0.25) is 0 Å². The van der Waals surface area contributed by atoms with E-state index in [4.69, 9.17) is 5.73 Å². The van der Waals surface area contributed by atoms with Gasteiger partial charge < -0.3 is 11.1 Å². The number of carbonyl (C=O) groups is 1. The van der Waals surface area contributed by atoms with Crippen molar-refractivity contribution in [2.45, 2.75) is 26.2 Å². The summed E-state index contributed by atoms with van der Waals surface area (Å²) in [6.07, 6.45) is 3.53. The first-order chi connectivity index (χ1) is 9.15. The van der Waals surface area contributed by atoms with Crippen LogP contribution in [0, 0.1) is 0 Å². The van der Waals surface area contributed by atoms with E-state index in [0.717, 1.165) is 29.1 Å². The van der Waals surface area contributed by atoms with Crippen molar-refractivity contribution in [2.75, 3.05) is 11.1 Å². The molecule has 0 bridgehead atoms. The topological polar surface area (TPSA) is 55.1 Å². The number of anilines is 2. The Morgan fingerprint density at radius 2 is 2.00 bits per heavy atom. The number of aryl methyl sites for hydroxylation is 1. The predicted molar refractivity (Wildman–Crippen MR) is 80.5 cm³/mol. The minimum atomic E-state index is -0.0521. The fraction of sp³-hybridized carbons (Fsp3) is 0.267. The molecule has 3 nitrogen and oxygen atoms in total. The Kier molecular flexibility index (Phi) is 3.03. The maximum atomic E-state index is 11.0. The van der Waals surface area contributed by atoms with Gasteiger partial charge in [0.25, 0.3) is 0 Å². The Morgan fingerprint density at radius 1 is 1.26 bits per heavy atom. The Morgan fingerprint density at radius 3 is 2.68 bits per heavy atom. The minimum Gasteiger partial charge on any atom is -0.390 e. The van der Waals surface area contributed by atoms with Gasteiger partial charge in [-0.15, -0.1) is 11.3 Å². The summed E-state index contributed by atoms with van der Waals surface area (Å²) in [6.45, 7) is 1.51. The molecule has 1 heterocycles. The van der Waals surface area contributed by atoms with Crippen LogP contribution in [0.25, 0.3) is 11.1 Å². The third-order valence-corrected chi connectivity index (χ3v) is 4.56. The quantitative estimate of drug-likeness (QED) is 0.879. The molecule has 3 rings (SSSR count). The Labute approximate surface area is 116 Å². The lowest BCUT2D eigenvalue weighted by Gasteiger charge is -2.06. The molecule has 0 saturated heterocycles. The highest BCUT2D eigenvalue weighted by molar-refractivity contribution is 7.16. The van der Waals surface area contributed by atoms with Gasteiger partial charge in [-0.05, 0) is 42.5 Å². The molecule has 98 valence electrons. The number of thiophene rings is 1. The lowest BCUT2D eigenvalue weighted by atomic mass is 10.0. The summed E-state index contributed by atoms with van der Waals surface area (Å²) < 4.78 is 0. The molecule has 1 aliphatic carbocycles. The van der Waals surface area contributed by atoms with Crippen LogP contribution < -0.4 is 11.1 Å². The SMILES string of the molecule is CC(=O)Nc1ccc(-c2c(N)sc3c2CCC3)cc1. The molecule has 0 fully saturated rings. The molecule has 0 spiro atoms. The van der Waals surface area contributed by atoms with E-state index >= 15 is 0 Å². The largest absolute Gasteiger partial charge is 0.390 e. The van der Waals surface area contributed by atoms with Crippen molar-refractivity contribution in [3.63, 3.8) is 0 Å². The number of amides is 1. The van der Waals surface area contributed by atoms with E-state index in [1.165, 1.54) is 29.3 Å². The molecule has 0 radical (unpaired) electrons. The van der Waals surface area contributed by atoms with Gasteiger partial charge in [0.05, 0.1) is 5.00 Å². The Bertz CT molecular complexity index is 628. The molecule has 2 aromatic rings. The van der Waals surface area contributed by atoms with E-state index < -0.39 is 0 Å². The molecule has 1 aromatic heterocycles. The first kappa shape index (κ1) is 12.2. The molecule has 1 amide bonds. The van der Waals surface area contributed by atoms with E-state index in [9.17, 15) is 4.79 Å². The average Bonchev–Trinajstić information content (AvgIpc) is 2.89. The second-order valence-electron chi connectivity index (χ2n) is 4.86. The molecule has 0 saturated carbocycles. The molecular formula is C15H16N2OS. The zero-order valence-electron chi connectivity index (χ0n) is 10.8. The highest BCUT2D eigenvalue weighted by atomic mass is 32.1. The normalized spacial score (nSPS) is 13.3. The van der Waals surface area contributed by atoms with Crippen LogP contribution in [0.15, 0.2) is 24.3 Å². The van der Waals surface area contributed by atoms with E-state index in [1.54, 1.807) is 11.3 Å². The number of carbonyl (C=O) groups excluding carboxylic acids is 1. The third kappa shape index (κ3) is 2.24. The van der Waals surface area contributed by atoms with Crippen molar-refractivity contribution >= 4 is 27.9 Å². The molecule has 1 aromatic carbocycles. The van der Waals surface area contributed by atoms with Crippen LogP contribution >= 0.6 is 11.3 Å². The second-order valence-corrected chi connectivity index (χ2v) is 5.99. The molecular weight excluding hydrogens is 256 g/mol. The smallest absolute Gasteiger partial charge is 0.221 e. The van der Waals surface area contributed by atoms with Gasteiger partial charge in [0.2, 0.25) is 5.91 Å². The van der Waals surface area contributed by atoms with E-state index in [2.05, 4.69) is 5.32 Å². The van der Waals surface area contributed by atoms with Gasteiger partial charge in [-0.2, -0.15) is 0 Å². The van der Waals surface area contributed by atoms with E-state index in [-0.39, 0.29) is 5.91 Å². The number of hydrogen-bond acceptors (Lipinski definition) is 3. The molecule has 19 heavy (non-hydrogen) atoms. The van der Waals surface area contributed by atoms with Crippen molar-refractivity contribution in [1.29, 1.82) is 0 Å². The van der Waals surface area contributed by atoms with Gasteiger partial charge in [0.15, 0.2) is 0 Å². The summed E-state index contributed by atoms with van der Waals surface area (Å²) in [5.74, 6) is -0.0521. The molecule has 0 atom stereocenters. The minimum absolute atomic E-state index is 0.0521. The summed E-state index contributed by atoms with van der Waals surface area (Å²) in [5, 5.41) is 3.69. The number of nitrogens with two attached hydrogens (primary N) is 1. The third-order valence-electron chi connectivity index (χ3n) is 3.44. The monoisotopic (exact) mass is 272 g/mol. The number of nitrogens with one attached hydrogen (secondary N) is 1. The fourth-order valence-electron chi connectivity index (χ4n) is 2.67. The Balaban J connectivity index is 1.96. The van der Waals surface area contributed by atoms with Crippen molar-refractivity contribution in [2.24, 2.45) is 0 Å². The van der Waals surface area contributed by atoms with Gasteiger partial charge in [-0.3, -0.25) is 4.79 Å². The van der Waals surface area contributed by atoms with Crippen molar-refractivity contribution < 1.29 is 4.79 Å². The fourth-order valence-corrected chi connectivity index (χ4v) is 3.85. The lowest BCUT2D eigenvalue weighted by molar-refractivity contribution is -0.114. The first-order valence-electron chi connectivity index (χ1n) is 6.43. The maximum Gasteiger partial charge on any atom is 0.221 e. The number of nitrogen functional groups attached to an aromatic ring is 1. The van der Waals surface area contributed by atoms with Gasteiger partial charge in [-0.25, -0.2) is 0 Å². The standard InChI is InChI=1S/C15H16N2OS/c1-9(18)17-11-7-5-10(6-8-11)14-12-3-2-4-13(12)19-15(14)16/h5-8H,2-4,16H2,1H3,(H,17,18). The molecule has 4 heteroatoms. The summed E-state index contributed by atoms with van der Waals surface area (Å²) in [4.78, 5) is 12.4. The molecule has 0 unspecified atom stereocenters. The highest BCUT2D eigenvalue weighted by Gasteiger charge is 2.21. The number of fused-ring (bicyclic) bond motifs is 1. The number of hydrogen-bond donors (Lipinski definition) is 2. The average molecular weight is 272 g/mol. The van der Waals surface area contributed by atoms with Crippen LogP contribution in [0.1, 0.15) is 23.8 Å². The summed E-state index contributed by atoms with van der Waals surface area (Å²) in [5.41, 5.74) is 10.7. The van der Waals surface area contributed by atoms with Crippen LogP contribution in [-0.4, -0.2) is 5.91 Å². The zero-order valence-corrected chi connectivity index (χ0v) is 11.6. The second kappa shape index (κ2) is 4.70. The van der Waals surface area contributed by atoms with Gasteiger partial charge in [0.1, 0.15) is 0 Å². The number of rotatable bonds is 2. The first-order valence-corrected chi connectivity index (χ1v) is 7.25. The molecule has 3 N–H and O–H groups in total. The number of benzene rings is 1. The van der Waals surface area contributed by atoms with E-state index in [0.29, 0.717) is 0 Å². The maximum absolute atomic E-state index is 11.0. The highest BCUT2D eigenvalue weighted by Crippen LogP contribution is 2.43. The molecule has 0 aliphatic heterocycles. The van der Waals surface area contributed by atoms with Crippen molar-refractivity contribution in [1.82, 2.24) is 0 Å². The van der Waals surface area contributed by atoms with Crippen molar-refractivity contribution in [3.05, 3.63) is 34.7 Å². The lowest BCUT2D eigenvalue weighted by Crippen LogP contribution is -2.05. The molecule has 1 aliphatic rings. The van der Waals surface area contributed by atoms with Crippen LogP contribution in [-0.2, 0) is 17.6 Å². The van der Waals surface area contributed by atoms with Crippen molar-refractivity contribution in [3.8, 4) is 11.1 Å². The van der Waals surface area contributed by atoms with Gasteiger partial charge in [-0.1, -0.05) is 12.1 Å². The summed E-state index contributed by atoms with van der Waals surface area (Å²) in [6, 6.07) is 7.91. The van der Waals surface area contributed by atoms with Crippen LogP contribution in [0.4, 0.5) is 10.7 Å². The predicted octanol–water partition coefficient (Wildman–Crippen LogP) is 3.44. The van der Waals surface area contributed by atoms with Gasteiger partial charge in [0, 0.05) is 23.1 Å².